The Balaban J connectivity index is 0.000000315. The molecular formula is C31H39N5O6S. The highest BCUT2D eigenvalue weighted by Crippen LogP contribution is 2.14. The molecule has 0 aliphatic heterocycles. The Bertz CT molecular complexity index is 1450. The molecule has 12 heteroatoms. The number of nitrogens with two attached hydrogens (primary N) is 2. The molecule has 1 amide bonds. The van der Waals surface area contributed by atoms with Gasteiger partial charge in [-0.2, -0.15) is 0 Å². The van der Waals surface area contributed by atoms with E-state index in [-0.39, 0.29) is 28.0 Å². The van der Waals surface area contributed by atoms with E-state index in [1.807, 2.05) is 68.0 Å². The summed E-state index contributed by atoms with van der Waals surface area (Å²) >= 11 is 0. The summed E-state index contributed by atoms with van der Waals surface area (Å²) in [5.74, 6) is 3.64. The number of aromatic nitrogens is 2. The number of para-hydroxylation sites is 1. The van der Waals surface area contributed by atoms with Crippen LogP contribution in [-0.2, 0) is 20.3 Å². The van der Waals surface area contributed by atoms with Gasteiger partial charge >= 0.3 is 5.97 Å². The lowest BCUT2D eigenvalue weighted by atomic mass is 10.1. The van der Waals surface area contributed by atoms with Gasteiger partial charge in [0, 0.05) is 34.2 Å². The van der Waals surface area contributed by atoms with E-state index in [0.717, 1.165) is 17.7 Å². The van der Waals surface area contributed by atoms with E-state index < -0.39 is 22.7 Å². The fourth-order valence-corrected chi connectivity index (χ4v) is 4.17. The Morgan fingerprint density at radius 2 is 1.74 bits per heavy atom. The summed E-state index contributed by atoms with van der Waals surface area (Å²) in [6, 6.07) is 13.8. The zero-order valence-electron chi connectivity index (χ0n) is 25.0. The number of hydrogen-bond donors (Lipinski definition) is 3. The predicted octanol–water partition coefficient (Wildman–Crippen LogP) is 4.77. The number of nitrogen functional groups attached to an aromatic ring is 1. The molecule has 0 spiro atoms. The van der Waals surface area contributed by atoms with Crippen molar-refractivity contribution in [2.24, 2.45) is 5.84 Å². The second-order valence-corrected chi connectivity index (χ2v) is 10.0. The van der Waals surface area contributed by atoms with Gasteiger partial charge in [-0.3, -0.25) is 23.8 Å². The van der Waals surface area contributed by atoms with Gasteiger partial charge in [-0.25, -0.2) is 10.8 Å². The van der Waals surface area contributed by atoms with Gasteiger partial charge < -0.3 is 15.0 Å². The molecule has 1 atom stereocenters. The number of hydroxylamine groups is 1. The SMILES string of the molecule is CC.CC(=O)c1ccc(-n2ccnc2)cc1.COC(=O)CS(=O)C1=CC=C(C)CC=C1.Nc1ccccc1C(=O)N(N)O. The van der Waals surface area contributed by atoms with E-state index in [4.69, 9.17) is 16.8 Å². The molecule has 4 rings (SSSR count). The van der Waals surface area contributed by atoms with Crippen LogP contribution in [-0.4, -0.2) is 54.7 Å². The number of allylic oxidation sites excluding steroid dienone is 5. The topological polar surface area (TPSA) is 171 Å². The van der Waals surface area contributed by atoms with Gasteiger partial charge in [-0.15, -0.1) is 5.17 Å². The highest BCUT2D eigenvalue weighted by atomic mass is 32.2. The highest BCUT2D eigenvalue weighted by Gasteiger charge is 2.12. The van der Waals surface area contributed by atoms with Crippen molar-refractivity contribution in [1.82, 2.24) is 14.7 Å². The zero-order chi connectivity index (χ0) is 32.4. The van der Waals surface area contributed by atoms with Gasteiger partial charge in [0.05, 0.1) is 29.8 Å². The molecule has 1 heterocycles. The molecule has 0 fully saturated rings. The second kappa shape index (κ2) is 19.5. The molecule has 1 aliphatic carbocycles. The van der Waals surface area contributed by atoms with Crippen LogP contribution in [0.4, 0.5) is 5.69 Å². The third-order valence-corrected chi connectivity index (χ3v) is 6.77. The third-order valence-electron chi connectivity index (χ3n) is 5.47. The first-order valence-corrected chi connectivity index (χ1v) is 14.6. The van der Waals surface area contributed by atoms with Crippen LogP contribution in [0.5, 0.6) is 0 Å². The molecule has 5 N–H and O–H groups in total. The summed E-state index contributed by atoms with van der Waals surface area (Å²) < 4.78 is 18.0. The van der Waals surface area contributed by atoms with Crippen LogP contribution in [0.2, 0.25) is 0 Å². The Kier molecular flexibility index (Phi) is 16.5. The first-order chi connectivity index (χ1) is 20.5. The molecule has 0 bridgehead atoms. The number of esters is 1. The van der Waals surface area contributed by atoms with E-state index >= 15 is 0 Å². The molecule has 0 saturated heterocycles. The number of Topliss-reactive ketones (excluding diaryl/α,β-unsaturated/α-hetero) is 1. The molecule has 1 aliphatic rings. The summed E-state index contributed by atoms with van der Waals surface area (Å²) in [6.07, 6.45) is 13.6. The number of amides is 1. The number of hydrazine groups is 1. The minimum absolute atomic E-state index is 0.00565. The summed E-state index contributed by atoms with van der Waals surface area (Å²) in [5.41, 5.74) is 8.85. The van der Waals surface area contributed by atoms with Gasteiger partial charge in [-0.05, 0) is 68.8 Å². The Morgan fingerprint density at radius 3 is 2.28 bits per heavy atom. The number of ketones is 1. The molecule has 230 valence electrons. The van der Waals surface area contributed by atoms with Gasteiger partial charge in [-0.1, -0.05) is 43.7 Å². The summed E-state index contributed by atoms with van der Waals surface area (Å²) in [7, 11) is -0.0147. The largest absolute Gasteiger partial charge is 0.468 e. The first kappa shape index (κ1) is 36.4. The molecular weight excluding hydrogens is 570 g/mol. The van der Waals surface area contributed by atoms with Crippen molar-refractivity contribution in [3.8, 4) is 5.69 Å². The number of imidazole rings is 1. The molecule has 11 nitrogen and oxygen atoms in total. The van der Waals surface area contributed by atoms with Crippen molar-refractivity contribution in [2.75, 3.05) is 18.6 Å². The highest BCUT2D eigenvalue weighted by molar-refractivity contribution is 7.89. The van der Waals surface area contributed by atoms with Crippen molar-refractivity contribution < 1.29 is 28.5 Å². The maximum absolute atomic E-state index is 11.7. The number of methoxy groups -OCH3 is 1. The Hall–Kier alpha value is -4.65. The molecule has 0 radical (unpaired) electrons. The van der Waals surface area contributed by atoms with Crippen LogP contribution >= 0.6 is 0 Å². The standard InChI is InChI=1S/C11H10N2O.C11H14O3S.C7H9N3O2.C2H6/c1-9(14)10-2-4-11(5-3-10)13-7-6-12-8-13;1-9-4-3-5-10(7-6-9)15(13)8-11(12)14-2;8-6-4-2-1-3-5(6)7(11)10(9)12;1-2/h2-8H,1H3;3,5-7H,4,8H2,1-2H3;1-4,12H,8-9H2;1-2H3. The van der Waals surface area contributed by atoms with Gasteiger partial charge in [0.1, 0.15) is 5.75 Å². The number of rotatable bonds is 6. The van der Waals surface area contributed by atoms with Crippen LogP contribution < -0.4 is 11.6 Å². The van der Waals surface area contributed by atoms with Crippen LogP contribution in [0.15, 0.2) is 102 Å². The second-order valence-electron chi connectivity index (χ2n) is 8.56. The predicted molar refractivity (Wildman–Crippen MR) is 169 cm³/mol. The summed E-state index contributed by atoms with van der Waals surface area (Å²) in [5, 5.41) is 8.61. The maximum atomic E-state index is 11.7. The van der Waals surface area contributed by atoms with Crippen LogP contribution in [0.25, 0.3) is 5.69 Å². The van der Waals surface area contributed by atoms with Crippen LogP contribution in [0.1, 0.15) is 54.8 Å². The monoisotopic (exact) mass is 609 g/mol. The summed E-state index contributed by atoms with van der Waals surface area (Å²) in [4.78, 5) is 37.6. The number of anilines is 1. The number of benzene rings is 2. The molecule has 3 aromatic rings. The van der Waals surface area contributed by atoms with Crippen LogP contribution in [0.3, 0.4) is 0 Å². The molecule has 2 aromatic carbocycles. The van der Waals surface area contributed by atoms with E-state index in [1.165, 1.54) is 18.7 Å². The van der Waals surface area contributed by atoms with Crippen molar-refractivity contribution in [1.29, 1.82) is 0 Å². The molecule has 0 saturated carbocycles. The number of carbonyl (C=O) groups is 3. The smallest absolute Gasteiger partial charge is 0.318 e. The number of nitrogens with zero attached hydrogens (tertiary/aromatic N) is 3. The van der Waals surface area contributed by atoms with Gasteiger partial charge in [0.2, 0.25) is 0 Å². The first-order valence-electron chi connectivity index (χ1n) is 13.2. The minimum atomic E-state index is -1.31. The maximum Gasteiger partial charge on any atom is 0.318 e. The number of hydrogen-bond acceptors (Lipinski definition) is 9. The molecule has 1 aromatic heterocycles. The Morgan fingerprint density at radius 1 is 1.09 bits per heavy atom. The zero-order valence-corrected chi connectivity index (χ0v) is 25.8. The van der Waals surface area contributed by atoms with Crippen molar-refractivity contribution >= 4 is 34.1 Å². The average molecular weight is 610 g/mol. The normalized spacial score (nSPS) is 12.2. The fraction of sp³-hybridized carbons (Fsp3) is 0.226. The van der Waals surface area contributed by atoms with Crippen molar-refractivity contribution in [3.05, 3.63) is 113 Å². The van der Waals surface area contributed by atoms with E-state index in [1.54, 1.807) is 49.8 Å². The number of carbonyl (C=O) groups excluding carboxylic acids is 3. The number of ether oxygens (including phenoxy) is 1. The van der Waals surface area contributed by atoms with Crippen LogP contribution in [0, 0.1) is 0 Å². The lowest BCUT2D eigenvalue weighted by Crippen LogP contribution is -2.34. The minimum Gasteiger partial charge on any atom is -0.468 e. The quantitative estimate of drug-likeness (QED) is 0.0677. The van der Waals surface area contributed by atoms with Crippen molar-refractivity contribution in [3.63, 3.8) is 0 Å². The van der Waals surface area contributed by atoms with E-state index in [2.05, 4.69) is 9.72 Å². The fourth-order valence-electron chi connectivity index (χ4n) is 3.21. The van der Waals surface area contributed by atoms with Gasteiger partial charge in [0.15, 0.2) is 5.78 Å². The van der Waals surface area contributed by atoms with E-state index in [9.17, 15) is 18.6 Å². The Labute approximate surface area is 254 Å². The summed E-state index contributed by atoms with van der Waals surface area (Å²) in [6.45, 7) is 7.57. The third kappa shape index (κ3) is 12.8. The molecule has 1 unspecified atom stereocenters. The molecule has 43 heavy (non-hydrogen) atoms. The van der Waals surface area contributed by atoms with Gasteiger partial charge in [0.25, 0.3) is 5.91 Å². The average Bonchev–Trinajstić information content (AvgIpc) is 3.46. The van der Waals surface area contributed by atoms with Crippen molar-refractivity contribution in [2.45, 2.75) is 34.1 Å². The lowest BCUT2D eigenvalue weighted by Gasteiger charge is -2.08. The van der Waals surface area contributed by atoms with E-state index in [0.29, 0.717) is 4.91 Å². The lowest BCUT2D eigenvalue weighted by molar-refractivity contribution is -0.137.